The standard InChI is InChI=1S/C27H22F2N4O3/c1-15-4-6-18(7-5-15)25-31-26(36-32-25)23-16(2)33(19-10-13-21(28)22(29)14-19)27(34)30-24(23)17-8-11-20(35-3)12-9-17/h4-14,24H,1-3H3,(H,30,34). The van der Waals surface area contributed by atoms with Crippen LogP contribution in [0.5, 0.6) is 5.75 Å². The van der Waals surface area contributed by atoms with E-state index in [2.05, 4.69) is 15.5 Å². The summed E-state index contributed by atoms with van der Waals surface area (Å²) in [5.41, 5.74) is 3.73. The zero-order chi connectivity index (χ0) is 25.4. The maximum absolute atomic E-state index is 14.0. The lowest BCUT2D eigenvalue weighted by atomic mass is 9.94. The van der Waals surface area contributed by atoms with Crippen molar-refractivity contribution < 1.29 is 22.8 Å². The minimum atomic E-state index is -1.06. The lowest BCUT2D eigenvalue weighted by Crippen LogP contribution is -2.46. The molecule has 0 bridgehead atoms. The maximum atomic E-state index is 14.0. The lowest BCUT2D eigenvalue weighted by Gasteiger charge is -2.35. The van der Waals surface area contributed by atoms with Crippen LogP contribution in [0, 0.1) is 18.6 Å². The molecule has 1 aromatic heterocycles. The predicted octanol–water partition coefficient (Wildman–Crippen LogP) is 6.03. The van der Waals surface area contributed by atoms with Gasteiger partial charge in [0, 0.05) is 17.3 Å². The molecule has 0 aliphatic carbocycles. The molecule has 182 valence electrons. The van der Waals surface area contributed by atoms with Gasteiger partial charge in [-0.15, -0.1) is 0 Å². The Morgan fingerprint density at radius 3 is 2.36 bits per heavy atom. The van der Waals surface area contributed by atoms with Gasteiger partial charge in [0.1, 0.15) is 5.75 Å². The number of aryl methyl sites for hydroxylation is 1. The Labute approximate surface area is 206 Å². The Balaban J connectivity index is 1.65. The number of hydrogen-bond donors (Lipinski definition) is 1. The Bertz CT molecular complexity index is 1460. The maximum Gasteiger partial charge on any atom is 0.327 e. The van der Waals surface area contributed by atoms with Crippen molar-refractivity contribution in [1.82, 2.24) is 15.5 Å². The third-order valence-electron chi connectivity index (χ3n) is 6.06. The number of allylic oxidation sites excluding steroid dienone is 1. The fourth-order valence-electron chi connectivity index (χ4n) is 4.15. The number of aromatic nitrogens is 2. The van der Waals surface area contributed by atoms with Gasteiger partial charge in [-0.1, -0.05) is 47.1 Å². The second-order valence-electron chi connectivity index (χ2n) is 8.38. The monoisotopic (exact) mass is 488 g/mol. The number of ether oxygens (including phenoxy) is 1. The lowest BCUT2D eigenvalue weighted by molar-refractivity contribution is 0.244. The highest BCUT2D eigenvalue weighted by molar-refractivity contribution is 6.01. The smallest absolute Gasteiger partial charge is 0.327 e. The van der Waals surface area contributed by atoms with Crippen LogP contribution in [0.15, 0.2) is 77.0 Å². The zero-order valence-electron chi connectivity index (χ0n) is 19.8. The van der Waals surface area contributed by atoms with Crippen LogP contribution in [0.1, 0.15) is 30.0 Å². The van der Waals surface area contributed by atoms with Crippen molar-refractivity contribution in [3.8, 4) is 17.1 Å². The molecular weight excluding hydrogens is 466 g/mol. The number of carbonyl (C=O) groups excluding carboxylic acids is 1. The minimum absolute atomic E-state index is 0.160. The summed E-state index contributed by atoms with van der Waals surface area (Å²) in [7, 11) is 1.57. The zero-order valence-corrected chi connectivity index (χ0v) is 19.8. The highest BCUT2D eigenvalue weighted by Gasteiger charge is 2.36. The van der Waals surface area contributed by atoms with Crippen LogP contribution in [-0.4, -0.2) is 23.3 Å². The molecule has 4 aromatic rings. The van der Waals surface area contributed by atoms with E-state index >= 15 is 0 Å². The van der Waals surface area contributed by atoms with Gasteiger partial charge >= 0.3 is 6.03 Å². The molecule has 7 nitrogen and oxygen atoms in total. The van der Waals surface area contributed by atoms with E-state index in [1.807, 2.05) is 43.3 Å². The summed E-state index contributed by atoms with van der Waals surface area (Å²) in [6, 6.07) is 17.0. The van der Waals surface area contributed by atoms with Gasteiger partial charge in [-0.3, -0.25) is 4.90 Å². The number of nitrogens with zero attached hydrogens (tertiary/aromatic N) is 3. The average Bonchev–Trinajstić information content (AvgIpc) is 3.36. The van der Waals surface area contributed by atoms with E-state index in [1.165, 1.54) is 11.0 Å². The summed E-state index contributed by atoms with van der Waals surface area (Å²) >= 11 is 0. The van der Waals surface area contributed by atoms with Crippen molar-refractivity contribution in [2.45, 2.75) is 19.9 Å². The first-order valence-corrected chi connectivity index (χ1v) is 11.2. The molecule has 1 atom stereocenters. The summed E-state index contributed by atoms with van der Waals surface area (Å²) in [6.07, 6.45) is 0. The number of urea groups is 1. The number of nitrogens with one attached hydrogen (secondary N) is 1. The molecule has 2 amide bonds. The first-order chi connectivity index (χ1) is 17.4. The van der Waals surface area contributed by atoms with Crippen LogP contribution in [0.2, 0.25) is 0 Å². The fraction of sp³-hybridized carbons (Fsp3) is 0.148. The summed E-state index contributed by atoms with van der Waals surface area (Å²) in [4.78, 5) is 19.1. The summed E-state index contributed by atoms with van der Waals surface area (Å²) in [6.45, 7) is 3.68. The number of carbonyl (C=O) groups is 1. The van der Waals surface area contributed by atoms with Crippen molar-refractivity contribution in [3.05, 3.63) is 101 Å². The van der Waals surface area contributed by atoms with E-state index in [0.29, 0.717) is 22.8 Å². The molecule has 1 unspecified atom stereocenters. The van der Waals surface area contributed by atoms with E-state index in [9.17, 15) is 13.6 Å². The molecule has 1 aliphatic rings. The van der Waals surface area contributed by atoms with Crippen molar-refractivity contribution in [1.29, 1.82) is 0 Å². The quantitative estimate of drug-likeness (QED) is 0.371. The van der Waals surface area contributed by atoms with E-state index < -0.39 is 23.7 Å². The second-order valence-corrected chi connectivity index (χ2v) is 8.38. The van der Waals surface area contributed by atoms with Gasteiger partial charge in [-0.05, 0) is 43.7 Å². The molecule has 0 spiro atoms. The molecule has 9 heteroatoms. The Morgan fingerprint density at radius 2 is 1.69 bits per heavy atom. The first-order valence-electron chi connectivity index (χ1n) is 11.2. The molecule has 0 saturated carbocycles. The number of anilines is 1. The first kappa shape index (κ1) is 23.2. The van der Waals surface area contributed by atoms with Crippen LogP contribution >= 0.6 is 0 Å². The molecule has 3 aromatic carbocycles. The summed E-state index contributed by atoms with van der Waals surface area (Å²) < 4.78 is 38.5. The van der Waals surface area contributed by atoms with Crippen LogP contribution in [0.3, 0.4) is 0 Å². The Morgan fingerprint density at radius 1 is 0.972 bits per heavy atom. The molecular formula is C27H22F2N4O3. The van der Waals surface area contributed by atoms with E-state index in [-0.39, 0.29) is 11.6 Å². The highest BCUT2D eigenvalue weighted by atomic mass is 19.2. The van der Waals surface area contributed by atoms with Gasteiger partial charge in [-0.25, -0.2) is 13.6 Å². The molecule has 1 N–H and O–H groups in total. The third-order valence-corrected chi connectivity index (χ3v) is 6.06. The fourth-order valence-corrected chi connectivity index (χ4v) is 4.15. The average molecular weight is 488 g/mol. The SMILES string of the molecule is COc1ccc(C2NC(=O)N(c3ccc(F)c(F)c3)C(C)=C2c2nc(-c3ccc(C)cc3)no2)cc1. The second kappa shape index (κ2) is 9.26. The van der Waals surface area contributed by atoms with Crippen LogP contribution in [0.4, 0.5) is 19.3 Å². The van der Waals surface area contributed by atoms with E-state index in [0.717, 1.165) is 28.8 Å². The van der Waals surface area contributed by atoms with Crippen molar-refractivity contribution >= 4 is 17.3 Å². The van der Waals surface area contributed by atoms with Crippen LogP contribution in [0.25, 0.3) is 17.0 Å². The Kier molecular flexibility index (Phi) is 5.97. The van der Waals surface area contributed by atoms with Crippen molar-refractivity contribution in [2.24, 2.45) is 0 Å². The van der Waals surface area contributed by atoms with Crippen LogP contribution in [-0.2, 0) is 0 Å². The molecule has 0 saturated heterocycles. The van der Waals surface area contributed by atoms with Gasteiger partial charge in [-0.2, -0.15) is 4.98 Å². The van der Waals surface area contributed by atoms with Gasteiger partial charge in [0.2, 0.25) is 5.82 Å². The van der Waals surface area contributed by atoms with E-state index in [1.54, 1.807) is 26.2 Å². The van der Waals surface area contributed by atoms with Gasteiger partial charge in [0.25, 0.3) is 5.89 Å². The molecule has 1 aliphatic heterocycles. The molecule has 0 radical (unpaired) electrons. The molecule has 5 rings (SSSR count). The number of rotatable bonds is 5. The number of amides is 2. The number of hydrogen-bond acceptors (Lipinski definition) is 5. The summed E-state index contributed by atoms with van der Waals surface area (Å²) in [5.74, 6) is -0.835. The third kappa shape index (κ3) is 4.19. The van der Waals surface area contributed by atoms with E-state index in [4.69, 9.17) is 9.26 Å². The topological polar surface area (TPSA) is 80.5 Å². The van der Waals surface area contributed by atoms with Gasteiger partial charge in [0.05, 0.1) is 24.4 Å². The largest absolute Gasteiger partial charge is 0.497 e. The van der Waals surface area contributed by atoms with Crippen LogP contribution < -0.4 is 15.0 Å². The van der Waals surface area contributed by atoms with Gasteiger partial charge < -0.3 is 14.6 Å². The number of benzene rings is 3. The number of halogens is 2. The summed E-state index contributed by atoms with van der Waals surface area (Å²) in [5, 5.41) is 7.08. The molecule has 2 heterocycles. The minimum Gasteiger partial charge on any atom is -0.497 e. The number of methoxy groups -OCH3 is 1. The van der Waals surface area contributed by atoms with Crippen molar-refractivity contribution in [3.63, 3.8) is 0 Å². The predicted molar refractivity (Wildman–Crippen MR) is 130 cm³/mol. The highest BCUT2D eigenvalue weighted by Crippen LogP contribution is 2.39. The molecule has 36 heavy (non-hydrogen) atoms. The normalized spacial score (nSPS) is 15.8. The van der Waals surface area contributed by atoms with Gasteiger partial charge in [0.15, 0.2) is 11.6 Å². The Hall–Kier alpha value is -4.53. The molecule has 0 fully saturated rings. The van der Waals surface area contributed by atoms with Crippen molar-refractivity contribution in [2.75, 3.05) is 12.0 Å².